The van der Waals surface area contributed by atoms with Crippen molar-refractivity contribution in [2.45, 2.75) is 13.8 Å². The minimum Gasteiger partial charge on any atom is -0.486 e. The number of ether oxygens (including phenoxy) is 1. The van der Waals surface area contributed by atoms with E-state index >= 15 is 0 Å². The minimum atomic E-state index is -0.00603. The van der Waals surface area contributed by atoms with Crippen LogP contribution in [0.25, 0.3) is 21.9 Å². The highest BCUT2D eigenvalue weighted by Gasteiger charge is 2.10. The molecule has 3 rings (SSSR count). The molecule has 3 heteroatoms. The molecule has 2 aromatic carbocycles. The third-order valence-corrected chi connectivity index (χ3v) is 3.37. The van der Waals surface area contributed by atoms with Crippen LogP contribution in [-0.2, 0) is 4.79 Å². The second-order valence-electron chi connectivity index (χ2n) is 5.17. The molecule has 102 valence electrons. The Kier molecular flexibility index (Phi) is 3.18. The highest BCUT2D eigenvalue weighted by atomic mass is 16.5. The van der Waals surface area contributed by atoms with Crippen molar-refractivity contribution in [1.82, 2.24) is 0 Å². The summed E-state index contributed by atoms with van der Waals surface area (Å²) in [7, 11) is 0. The number of para-hydroxylation sites is 1. The van der Waals surface area contributed by atoms with Crippen LogP contribution < -0.4 is 4.74 Å². The third kappa shape index (κ3) is 2.27. The van der Waals surface area contributed by atoms with Crippen LogP contribution in [0.4, 0.5) is 0 Å². The van der Waals surface area contributed by atoms with Gasteiger partial charge in [0, 0.05) is 16.7 Å². The maximum atomic E-state index is 11.6. The molecule has 1 heterocycles. The number of carbonyl (C=O) groups excluding carboxylic acids is 1. The van der Waals surface area contributed by atoms with E-state index in [9.17, 15) is 4.79 Å². The number of ketones is 1. The van der Waals surface area contributed by atoms with E-state index < -0.39 is 0 Å². The van der Waals surface area contributed by atoms with Crippen molar-refractivity contribution in [3.8, 4) is 5.75 Å². The lowest BCUT2D eigenvalue weighted by Crippen LogP contribution is -2.16. The van der Waals surface area contributed by atoms with E-state index in [2.05, 4.69) is 0 Å². The molecular weight excluding hydrogens is 252 g/mol. The van der Waals surface area contributed by atoms with Crippen molar-refractivity contribution in [3.63, 3.8) is 0 Å². The molecular formula is C17H16O3. The summed E-state index contributed by atoms with van der Waals surface area (Å²) in [5.41, 5.74) is 1.69. The molecule has 0 N–H and O–H groups in total. The molecule has 20 heavy (non-hydrogen) atoms. The Morgan fingerprint density at radius 1 is 1.10 bits per heavy atom. The summed E-state index contributed by atoms with van der Waals surface area (Å²) >= 11 is 0. The first-order valence-corrected chi connectivity index (χ1v) is 6.72. The van der Waals surface area contributed by atoms with Gasteiger partial charge in [-0.15, -0.1) is 0 Å². The van der Waals surface area contributed by atoms with Gasteiger partial charge in [-0.25, -0.2) is 0 Å². The molecule has 0 bridgehead atoms. The predicted octanol–water partition coefficient (Wildman–Crippen LogP) is 4.19. The van der Waals surface area contributed by atoms with E-state index in [1.54, 1.807) is 0 Å². The number of carbonyl (C=O) groups is 1. The summed E-state index contributed by atoms with van der Waals surface area (Å²) in [6.45, 7) is 3.86. The van der Waals surface area contributed by atoms with Gasteiger partial charge in [0.25, 0.3) is 0 Å². The van der Waals surface area contributed by atoms with E-state index in [1.807, 2.05) is 56.3 Å². The SMILES string of the molecule is CC(C)C(=O)COc1ccc2oc3ccccc3c2c1. The first kappa shape index (κ1) is 12.7. The van der Waals surface area contributed by atoms with Crippen molar-refractivity contribution in [2.24, 2.45) is 5.92 Å². The molecule has 0 spiro atoms. The number of hydrogen-bond donors (Lipinski definition) is 0. The Morgan fingerprint density at radius 2 is 1.85 bits per heavy atom. The standard InChI is InChI=1S/C17H16O3/c1-11(2)15(18)10-19-12-7-8-17-14(9-12)13-5-3-4-6-16(13)20-17/h3-9,11H,10H2,1-2H3. The topological polar surface area (TPSA) is 39.4 Å². The second kappa shape index (κ2) is 5.00. The van der Waals surface area contributed by atoms with Crippen LogP contribution >= 0.6 is 0 Å². The summed E-state index contributed by atoms with van der Waals surface area (Å²) in [6, 6.07) is 13.5. The number of fused-ring (bicyclic) bond motifs is 3. The molecule has 0 fully saturated rings. The Labute approximate surface area is 117 Å². The molecule has 1 aromatic heterocycles. The van der Waals surface area contributed by atoms with Gasteiger partial charge in [-0.3, -0.25) is 4.79 Å². The van der Waals surface area contributed by atoms with Crippen molar-refractivity contribution >= 4 is 27.7 Å². The van der Waals surface area contributed by atoms with Crippen LogP contribution in [0.1, 0.15) is 13.8 Å². The Balaban J connectivity index is 1.93. The summed E-state index contributed by atoms with van der Waals surface area (Å²) in [4.78, 5) is 11.6. The number of benzene rings is 2. The number of furan rings is 1. The van der Waals surface area contributed by atoms with Crippen molar-refractivity contribution < 1.29 is 13.9 Å². The van der Waals surface area contributed by atoms with Crippen LogP contribution in [0.5, 0.6) is 5.75 Å². The van der Waals surface area contributed by atoms with Crippen LogP contribution in [0.15, 0.2) is 46.9 Å². The number of rotatable bonds is 4. The second-order valence-corrected chi connectivity index (χ2v) is 5.17. The average Bonchev–Trinajstić information content (AvgIpc) is 2.82. The van der Waals surface area contributed by atoms with Crippen LogP contribution in [0.2, 0.25) is 0 Å². The first-order valence-electron chi connectivity index (χ1n) is 6.72. The minimum absolute atomic E-state index is 0.00603. The molecule has 0 aliphatic heterocycles. The van der Waals surface area contributed by atoms with Gasteiger partial charge in [0.15, 0.2) is 5.78 Å². The molecule has 0 saturated heterocycles. The van der Waals surface area contributed by atoms with E-state index in [0.29, 0.717) is 5.75 Å². The van der Waals surface area contributed by atoms with Gasteiger partial charge in [-0.05, 0) is 24.3 Å². The zero-order valence-corrected chi connectivity index (χ0v) is 11.6. The molecule has 0 atom stereocenters. The number of hydrogen-bond acceptors (Lipinski definition) is 3. The van der Waals surface area contributed by atoms with E-state index in [0.717, 1.165) is 21.9 Å². The molecule has 0 aliphatic carbocycles. The Bertz CT molecular complexity index is 768. The van der Waals surface area contributed by atoms with E-state index in [1.165, 1.54) is 0 Å². The predicted molar refractivity (Wildman–Crippen MR) is 79.1 cm³/mol. The summed E-state index contributed by atoms with van der Waals surface area (Å²) in [5.74, 6) is 0.786. The summed E-state index contributed by atoms with van der Waals surface area (Å²) in [6.07, 6.45) is 0. The Morgan fingerprint density at radius 3 is 2.65 bits per heavy atom. The molecule has 0 aliphatic rings. The van der Waals surface area contributed by atoms with E-state index in [4.69, 9.17) is 9.15 Å². The summed E-state index contributed by atoms with van der Waals surface area (Å²) in [5, 5.41) is 2.07. The highest BCUT2D eigenvalue weighted by Crippen LogP contribution is 2.31. The lowest BCUT2D eigenvalue weighted by atomic mass is 10.1. The van der Waals surface area contributed by atoms with Gasteiger partial charge in [0.1, 0.15) is 23.5 Å². The largest absolute Gasteiger partial charge is 0.486 e. The first-order chi connectivity index (χ1) is 9.65. The average molecular weight is 268 g/mol. The maximum absolute atomic E-state index is 11.6. The molecule has 0 amide bonds. The van der Waals surface area contributed by atoms with Gasteiger partial charge in [0.2, 0.25) is 0 Å². The van der Waals surface area contributed by atoms with Crippen LogP contribution in [-0.4, -0.2) is 12.4 Å². The van der Waals surface area contributed by atoms with Gasteiger partial charge in [-0.2, -0.15) is 0 Å². The van der Waals surface area contributed by atoms with Gasteiger partial charge >= 0.3 is 0 Å². The fraction of sp³-hybridized carbons (Fsp3) is 0.235. The van der Waals surface area contributed by atoms with Gasteiger partial charge in [0.05, 0.1) is 0 Å². The zero-order chi connectivity index (χ0) is 14.1. The number of Topliss-reactive ketones (excluding diaryl/α,β-unsaturated/α-hetero) is 1. The van der Waals surface area contributed by atoms with Gasteiger partial charge in [-0.1, -0.05) is 32.0 Å². The Hall–Kier alpha value is -2.29. The van der Waals surface area contributed by atoms with Crippen molar-refractivity contribution in [1.29, 1.82) is 0 Å². The molecule has 0 radical (unpaired) electrons. The third-order valence-electron chi connectivity index (χ3n) is 3.37. The smallest absolute Gasteiger partial charge is 0.172 e. The lowest BCUT2D eigenvalue weighted by Gasteiger charge is -2.07. The van der Waals surface area contributed by atoms with Gasteiger partial charge < -0.3 is 9.15 Å². The van der Waals surface area contributed by atoms with Crippen molar-refractivity contribution in [3.05, 3.63) is 42.5 Å². The fourth-order valence-electron chi connectivity index (χ4n) is 2.12. The maximum Gasteiger partial charge on any atom is 0.172 e. The summed E-state index contributed by atoms with van der Waals surface area (Å²) < 4.78 is 11.3. The lowest BCUT2D eigenvalue weighted by molar-refractivity contribution is -0.123. The fourth-order valence-corrected chi connectivity index (χ4v) is 2.12. The molecule has 3 aromatic rings. The van der Waals surface area contributed by atoms with Crippen LogP contribution in [0, 0.1) is 5.92 Å². The monoisotopic (exact) mass is 268 g/mol. The molecule has 0 unspecified atom stereocenters. The highest BCUT2D eigenvalue weighted by molar-refractivity contribution is 6.05. The zero-order valence-electron chi connectivity index (χ0n) is 11.6. The van der Waals surface area contributed by atoms with Crippen molar-refractivity contribution in [2.75, 3.05) is 6.61 Å². The molecule has 3 nitrogen and oxygen atoms in total. The molecule has 0 saturated carbocycles. The quantitative estimate of drug-likeness (QED) is 0.712. The van der Waals surface area contributed by atoms with E-state index in [-0.39, 0.29) is 18.3 Å². The normalized spacial score (nSPS) is 11.3. The van der Waals surface area contributed by atoms with Crippen LogP contribution in [0.3, 0.4) is 0 Å².